The minimum Gasteiger partial charge on any atom is -0.480 e. The molecule has 0 aliphatic rings. The van der Waals surface area contributed by atoms with E-state index in [9.17, 15) is 10.2 Å². The third-order valence-electron chi connectivity index (χ3n) is 3.14. The summed E-state index contributed by atoms with van der Waals surface area (Å²) in [6, 6.07) is 10.8. The molecular weight excluding hydrogens is 254 g/mol. The Labute approximate surface area is 117 Å². The Balaban J connectivity index is 2.40. The van der Waals surface area contributed by atoms with Gasteiger partial charge in [0.2, 0.25) is 0 Å². The summed E-state index contributed by atoms with van der Waals surface area (Å²) in [7, 11) is 1.77. The smallest absolute Gasteiger partial charge is 0.299 e. The first-order valence-corrected chi connectivity index (χ1v) is 6.20. The first-order chi connectivity index (χ1) is 9.65. The zero-order valence-electron chi connectivity index (χ0n) is 11.2. The molecular formula is C16H17NO3. The summed E-state index contributed by atoms with van der Waals surface area (Å²) in [5.74, 6) is -0.728. The Morgan fingerprint density at radius 3 is 2.45 bits per heavy atom. The number of rotatable bonds is 5. The van der Waals surface area contributed by atoms with Gasteiger partial charge in [-0.3, -0.25) is 0 Å². The minimum atomic E-state index is -0.728. The van der Waals surface area contributed by atoms with Gasteiger partial charge in [-0.2, -0.15) is 0 Å². The monoisotopic (exact) mass is 271 g/mol. The van der Waals surface area contributed by atoms with Crippen molar-refractivity contribution in [2.45, 2.75) is 6.04 Å². The number of furan rings is 1. The maximum atomic E-state index is 9.61. The van der Waals surface area contributed by atoms with E-state index in [0.717, 1.165) is 5.56 Å². The van der Waals surface area contributed by atoms with Crippen molar-refractivity contribution in [2.24, 2.45) is 0 Å². The first kappa shape index (κ1) is 13.8. The van der Waals surface area contributed by atoms with E-state index in [-0.39, 0.29) is 6.04 Å². The van der Waals surface area contributed by atoms with Crippen LogP contribution in [0.5, 0.6) is 0 Å². The van der Waals surface area contributed by atoms with Crippen molar-refractivity contribution >= 4 is 5.70 Å². The molecule has 0 saturated heterocycles. The lowest BCUT2D eigenvalue weighted by Crippen LogP contribution is -2.23. The predicted octanol–water partition coefficient (Wildman–Crippen LogP) is 3.88. The van der Waals surface area contributed by atoms with Crippen LogP contribution in [0.2, 0.25) is 0 Å². The minimum absolute atomic E-state index is 0.224. The Bertz CT molecular complexity index is 583. The maximum Gasteiger partial charge on any atom is 0.299 e. The third-order valence-corrected chi connectivity index (χ3v) is 3.14. The topological polar surface area (TPSA) is 56.8 Å². The van der Waals surface area contributed by atoms with Crippen molar-refractivity contribution in [1.82, 2.24) is 4.90 Å². The Kier molecular flexibility index (Phi) is 4.15. The van der Waals surface area contributed by atoms with Gasteiger partial charge >= 0.3 is 0 Å². The van der Waals surface area contributed by atoms with Gasteiger partial charge in [0.05, 0.1) is 18.6 Å². The molecule has 20 heavy (non-hydrogen) atoms. The molecule has 2 rings (SSSR count). The molecule has 104 valence electrons. The molecule has 0 fully saturated rings. The second kappa shape index (κ2) is 6.02. The molecule has 2 N–H and O–H groups in total. The number of likely N-dealkylation sites (N-methyl/N-ethyl adjacent to an activating group) is 1. The second-order valence-corrected chi connectivity index (χ2v) is 4.39. The van der Waals surface area contributed by atoms with E-state index in [1.54, 1.807) is 30.5 Å². The van der Waals surface area contributed by atoms with E-state index in [1.807, 2.05) is 36.4 Å². The van der Waals surface area contributed by atoms with E-state index >= 15 is 0 Å². The molecule has 0 bridgehead atoms. The molecule has 0 spiro atoms. The molecule has 0 saturated carbocycles. The highest BCUT2D eigenvalue weighted by Crippen LogP contribution is 2.30. The molecule has 0 aliphatic heterocycles. The van der Waals surface area contributed by atoms with Crippen molar-refractivity contribution in [3.05, 3.63) is 78.7 Å². The van der Waals surface area contributed by atoms with Crippen molar-refractivity contribution in [3.8, 4) is 0 Å². The summed E-state index contributed by atoms with van der Waals surface area (Å²) < 4.78 is 5.08. The van der Waals surface area contributed by atoms with E-state index in [4.69, 9.17) is 4.42 Å². The largest absolute Gasteiger partial charge is 0.480 e. The molecule has 1 aromatic carbocycles. The van der Waals surface area contributed by atoms with Crippen LogP contribution in [0.3, 0.4) is 0 Å². The molecule has 4 heteroatoms. The standard InChI is InChI=1S/C16H17NO3/c1-3-14(13-9-10-20-11-13)17(2)15(16(18)19)12-7-5-4-6-8-12/h3-11,14,18-19H,1H2,2H3. The van der Waals surface area contributed by atoms with Crippen LogP contribution in [-0.2, 0) is 0 Å². The van der Waals surface area contributed by atoms with E-state index < -0.39 is 5.95 Å². The van der Waals surface area contributed by atoms with Gasteiger partial charge in [-0.1, -0.05) is 36.4 Å². The summed E-state index contributed by atoms with van der Waals surface area (Å²) in [6.45, 7) is 3.80. The fraction of sp³-hybridized carbons (Fsp3) is 0.125. The lowest BCUT2D eigenvalue weighted by atomic mass is 10.1. The Morgan fingerprint density at radius 2 is 1.95 bits per heavy atom. The normalized spacial score (nSPS) is 11.7. The average Bonchev–Trinajstić information content (AvgIpc) is 2.94. The fourth-order valence-electron chi connectivity index (χ4n) is 2.19. The predicted molar refractivity (Wildman–Crippen MR) is 78.0 cm³/mol. The summed E-state index contributed by atoms with van der Waals surface area (Å²) in [6.07, 6.45) is 4.90. The molecule has 4 nitrogen and oxygen atoms in total. The highest BCUT2D eigenvalue weighted by atomic mass is 16.5. The summed E-state index contributed by atoms with van der Waals surface area (Å²) in [5.41, 5.74) is 1.93. The molecule has 1 aromatic heterocycles. The van der Waals surface area contributed by atoms with Crippen LogP contribution in [-0.4, -0.2) is 22.2 Å². The molecule has 0 radical (unpaired) electrons. The highest BCUT2D eigenvalue weighted by Gasteiger charge is 2.21. The lowest BCUT2D eigenvalue weighted by molar-refractivity contribution is 0.183. The molecule has 1 unspecified atom stereocenters. The zero-order valence-corrected chi connectivity index (χ0v) is 11.2. The van der Waals surface area contributed by atoms with Crippen molar-refractivity contribution in [3.63, 3.8) is 0 Å². The van der Waals surface area contributed by atoms with Crippen LogP contribution < -0.4 is 0 Å². The quantitative estimate of drug-likeness (QED) is 0.640. The van der Waals surface area contributed by atoms with Crippen LogP contribution in [0, 0.1) is 0 Å². The van der Waals surface area contributed by atoms with Crippen molar-refractivity contribution < 1.29 is 14.6 Å². The lowest BCUT2D eigenvalue weighted by Gasteiger charge is -2.28. The highest BCUT2D eigenvalue weighted by molar-refractivity contribution is 5.65. The van der Waals surface area contributed by atoms with Gasteiger partial charge in [0, 0.05) is 18.2 Å². The SMILES string of the molecule is C=CC(c1ccoc1)N(C)C(=C(O)O)c1ccccc1. The van der Waals surface area contributed by atoms with Crippen LogP contribution in [0.15, 0.2) is 71.9 Å². The molecule has 0 amide bonds. The van der Waals surface area contributed by atoms with Crippen LogP contribution in [0.1, 0.15) is 17.2 Å². The van der Waals surface area contributed by atoms with Gasteiger partial charge in [-0.15, -0.1) is 6.58 Å². The number of aliphatic hydroxyl groups is 2. The third kappa shape index (κ3) is 2.69. The number of nitrogens with zero attached hydrogens (tertiary/aromatic N) is 1. The Hall–Kier alpha value is -2.62. The number of benzene rings is 1. The summed E-state index contributed by atoms with van der Waals surface area (Å²) in [5, 5.41) is 19.2. The fourth-order valence-corrected chi connectivity index (χ4v) is 2.19. The zero-order chi connectivity index (χ0) is 14.5. The van der Waals surface area contributed by atoms with Crippen molar-refractivity contribution in [1.29, 1.82) is 0 Å². The summed E-state index contributed by atoms with van der Waals surface area (Å²) >= 11 is 0. The molecule has 2 aromatic rings. The van der Waals surface area contributed by atoms with Gasteiger partial charge in [0.1, 0.15) is 5.70 Å². The first-order valence-electron chi connectivity index (χ1n) is 6.20. The average molecular weight is 271 g/mol. The van der Waals surface area contributed by atoms with Gasteiger partial charge in [-0.25, -0.2) is 0 Å². The van der Waals surface area contributed by atoms with Crippen LogP contribution in [0.4, 0.5) is 0 Å². The number of hydrogen-bond donors (Lipinski definition) is 2. The van der Waals surface area contributed by atoms with Crippen LogP contribution >= 0.6 is 0 Å². The molecule has 1 heterocycles. The van der Waals surface area contributed by atoms with Crippen molar-refractivity contribution in [2.75, 3.05) is 7.05 Å². The second-order valence-electron chi connectivity index (χ2n) is 4.39. The van der Waals surface area contributed by atoms with Gasteiger partial charge in [-0.05, 0) is 6.07 Å². The van der Waals surface area contributed by atoms with Gasteiger partial charge < -0.3 is 19.5 Å². The number of aliphatic hydroxyl groups excluding tert-OH is 1. The summed E-state index contributed by atoms with van der Waals surface area (Å²) in [4.78, 5) is 1.74. The number of hydrogen-bond acceptors (Lipinski definition) is 4. The maximum absolute atomic E-state index is 9.61. The van der Waals surface area contributed by atoms with E-state index in [1.165, 1.54) is 0 Å². The molecule has 1 atom stereocenters. The van der Waals surface area contributed by atoms with Crippen LogP contribution in [0.25, 0.3) is 5.70 Å². The van der Waals surface area contributed by atoms with Gasteiger partial charge in [0.25, 0.3) is 5.95 Å². The van der Waals surface area contributed by atoms with E-state index in [2.05, 4.69) is 6.58 Å². The van der Waals surface area contributed by atoms with E-state index in [0.29, 0.717) is 11.3 Å². The molecule has 0 aliphatic carbocycles. The van der Waals surface area contributed by atoms with Gasteiger partial charge in [0.15, 0.2) is 0 Å². The Morgan fingerprint density at radius 1 is 1.25 bits per heavy atom.